The third-order valence-corrected chi connectivity index (χ3v) is 10.6. The number of methoxy groups -OCH3 is 2. The van der Waals surface area contributed by atoms with Gasteiger partial charge in [-0.2, -0.15) is 0 Å². The maximum absolute atomic E-state index is 14.2. The van der Waals surface area contributed by atoms with Gasteiger partial charge in [0.1, 0.15) is 6.73 Å². The first-order valence-electron chi connectivity index (χ1n) is 15.1. The lowest BCUT2D eigenvalue weighted by molar-refractivity contribution is 0.0597. The highest BCUT2D eigenvalue weighted by molar-refractivity contribution is 7.92. The summed E-state index contributed by atoms with van der Waals surface area (Å²) in [6.45, 7) is 3.70. The van der Waals surface area contributed by atoms with Crippen LogP contribution in [0.5, 0.6) is 0 Å². The third kappa shape index (κ3) is 5.79. The van der Waals surface area contributed by atoms with Gasteiger partial charge in [0.25, 0.3) is 21.8 Å². The predicted octanol–water partition coefficient (Wildman–Crippen LogP) is 5.06. The number of ether oxygens (including phenoxy) is 2. The number of imide groups is 1. The van der Waals surface area contributed by atoms with Gasteiger partial charge in [-0.15, -0.1) is 0 Å². The van der Waals surface area contributed by atoms with E-state index in [-0.39, 0.29) is 34.8 Å². The van der Waals surface area contributed by atoms with Crippen LogP contribution in [0.15, 0.2) is 77.7 Å². The van der Waals surface area contributed by atoms with Crippen LogP contribution >= 0.6 is 0 Å². The summed E-state index contributed by atoms with van der Waals surface area (Å²) in [6, 6.07) is 20.1. The van der Waals surface area contributed by atoms with Gasteiger partial charge < -0.3 is 9.47 Å². The molecule has 0 atom stereocenters. The zero-order chi connectivity index (χ0) is 33.5. The van der Waals surface area contributed by atoms with Crippen LogP contribution in [0.3, 0.4) is 0 Å². The normalized spacial score (nSPS) is 15.0. The number of hydrogen-bond acceptors (Lipinski definition) is 9. The second kappa shape index (κ2) is 12.3. The average Bonchev–Trinajstić information content (AvgIpc) is 3.83. The van der Waals surface area contributed by atoms with Crippen molar-refractivity contribution in [3.05, 3.63) is 106 Å². The minimum atomic E-state index is -4.33. The highest BCUT2D eigenvalue weighted by atomic mass is 32.2. The molecule has 1 aliphatic heterocycles. The molecule has 0 saturated heterocycles. The predicted molar refractivity (Wildman–Crippen MR) is 174 cm³/mol. The molecule has 0 N–H and O–H groups in total. The van der Waals surface area contributed by atoms with Gasteiger partial charge in [-0.05, 0) is 80.6 Å². The number of sulfonamides is 1. The van der Waals surface area contributed by atoms with Crippen molar-refractivity contribution < 1.29 is 32.3 Å². The number of rotatable bonds is 11. The first kappa shape index (κ1) is 32.0. The number of carbonyl (C=O) groups excluding carboxylic acids is 3. The molecule has 2 heterocycles. The Morgan fingerprint density at radius 2 is 1.53 bits per heavy atom. The molecule has 4 aromatic rings. The largest absolute Gasteiger partial charge is 0.465 e. The Balaban J connectivity index is 1.43. The Morgan fingerprint density at radius 1 is 0.894 bits per heavy atom. The van der Waals surface area contributed by atoms with Gasteiger partial charge in [0.15, 0.2) is 0 Å². The zero-order valence-corrected chi connectivity index (χ0v) is 27.3. The number of fused-ring (bicyclic) bond motifs is 1. The van der Waals surface area contributed by atoms with Crippen molar-refractivity contribution in [2.45, 2.75) is 43.4 Å². The van der Waals surface area contributed by atoms with Crippen molar-refractivity contribution in [2.75, 3.05) is 31.8 Å². The topological polar surface area (TPSA) is 136 Å². The van der Waals surface area contributed by atoms with Crippen molar-refractivity contribution in [3.8, 4) is 11.3 Å². The summed E-state index contributed by atoms with van der Waals surface area (Å²) in [6.07, 6.45) is 1.91. The van der Waals surface area contributed by atoms with E-state index in [2.05, 4.69) is 0 Å². The number of aromatic nitrogens is 2. The lowest BCUT2D eigenvalue weighted by atomic mass is 9.94. The third-order valence-electron chi connectivity index (χ3n) is 8.85. The monoisotopic (exact) mass is 654 g/mol. The number of esters is 1. The first-order chi connectivity index (χ1) is 22.5. The highest BCUT2D eigenvalue weighted by Crippen LogP contribution is 2.51. The van der Waals surface area contributed by atoms with Gasteiger partial charge in [0.2, 0.25) is 5.95 Å². The molecule has 0 unspecified atom stereocenters. The molecule has 1 aliphatic carbocycles. The minimum Gasteiger partial charge on any atom is -0.465 e. The molecule has 47 heavy (non-hydrogen) atoms. The molecule has 2 aliphatic rings. The molecule has 1 aromatic heterocycles. The summed E-state index contributed by atoms with van der Waals surface area (Å²) in [7, 11) is -1.75. The Hall–Kier alpha value is -4.94. The molecule has 0 spiro atoms. The van der Waals surface area contributed by atoms with Gasteiger partial charge in [-0.25, -0.2) is 27.5 Å². The van der Waals surface area contributed by atoms with Gasteiger partial charge in [-0.1, -0.05) is 36.4 Å². The van der Waals surface area contributed by atoms with E-state index in [9.17, 15) is 22.8 Å². The molecule has 6 rings (SSSR count). The molecule has 2 amide bonds. The van der Waals surface area contributed by atoms with Crippen LogP contribution < -0.4 is 4.31 Å². The van der Waals surface area contributed by atoms with Gasteiger partial charge in [-0.3, -0.25) is 14.5 Å². The van der Waals surface area contributed by atoms with E-state index in [0.717, 1.165) is 33.8 Å². The molecular weight excluding hydrogens is 620 g/mol. The Bertz CT molecular complexity index is 1970. The van der Waals surface area contributed by atoms with E-state index in [1.54, 1.807) is 24.3 Å². The van der Waals surface area contributed by atoms with E-state index < -0.39 is 28.1 Å². The highest BCUT2D eigenvalue weighted by Gasteiger charge is 2.48. The van der Waals surface area contributed by atoms with E-state index in [4.69, 9.17) is 19.4 Å². The van der Waals surface area contributed by atoms with E-state index >= 15 is 0 Å². The maximum atomic E-state index is 14.2. The van der Waals surface area contributed by atoms with Crippen molar-refractivity contribution >= 4 is 33.8 Å². The number of benzene rings is 3. The van der Waals surface area contributed by atoms with Crippen molar-refractivity contribution in [3.63, 3.8) is 0 Å². The number of hydrogen-bond donors (Lipinski definition) is 0. The van der Waals surface area contributed by atoms with E-state index in [0.29, 0.717) is 28.9 Å². The number of nitrogens with zero attached hydrogens (tertiary/aromatic N) is 4. The van der Waals surface area contributed by atoms with Crippen molar-refractivity contribution in [1.29, 1.82) is 0 Å². The van der Waals surface area contributed by atoms with Crippen LogP contribution in [-0.4, -0.2) is 68.6 Å². The lowest BCUT2D eigenvalue weighted by Crippen LogP contribution is -2.35. The average molecular weight is 655 g/mol. The van der Waals surface area contributed by atoms with E-state index in [1.165, 1.54) is 43.4 Å². The van der Waals surface area contributed by atoms with Crippen LogP contribution in [0.25, 0.3) is 11.3 Å². The Labute approximate surface area is 273 Å². The van der Waals surface area contributed by atoms with Gasteiger partial charge >= 0.3 is 5.97 Å². The van der Waals surface area contributed by atoms with E-state index in [1.807, 2.05) is 38.1 Å². The fourth-order valence-corrected chi connectivity index (χ4v) is 7.42. The van der Waals surface area contributed by atoms with Crippen molar-refractivity contribution in [1.82, 2.24) is 14.9 Å². The molecule has 242 valence electrons. The summed E-state index contributed by atoms with van der Waals surface area (Å²) < 4.78 is 39.4. The second-order valence-electron chi connectivity index (χ2n) is 11.8. The molecule has 0 radical (unpaired) electrons. The molecular formula is C35H34N4O7S. The lowest BCUT2D eigenvalue weighted by Gasteiger charge is -2.25. The van der Waals surface area contributed by atoms with Crippen LogP contribution in [0.1, 0.15) is 67.2 Å². The summed E-state index contributed by atoms with van der Waals surface area (Å²) in [5.74, 6) is -1.43. The summed E-state index contributed by atoms with van der Waals surface area (Å²) >= 11 is 0. The number of amides is 2. The van der Waals surface area contributed by atoms with Crippen LogP contribution in [0, 0.1) is 13.8 Å². The minimum absolute atomic E-state index is 0.0712. The second-order valence-corrected chi connectivity index (χ2v) is 13.7. The zero-order valence-electron chi connectivity index (χ0n) is 26.5. The quantitative estimate of drug-likeness (QED) is 0.123. The first-order valence-corrected chi connectivity index (χ1v) is 16.6. The molecule has 11 nitrogen and oxygen atoms in total. The molecule has 1 saturated carbocycles. The Morgan fingerprint density at radius 3 is 2.13 bits per heavy atom. The van der Waals surface area contributed by atoms with Crippen molar-refractivity contribution in [2.24, 2.45) is 0 Å². The fourth-order valence-electron chi connectivity index (χ4n) is 6.10. The van der Waals surface area contributed by atoms with Gasteiger partial charge in [0.05, 0.1) is 40.1 Å². The SMILES string of the molecule is COCN(c1nc(-c2c(C)cccc2C)cc(C2(CCN3C(=O)c4ccccc4C3=O)CC2)n1)S(=O)(=O)c1cccc(C(=O)OC)c1. The van der Waals surface area contributed by atoms with Crippen LogP contribution in [-0.2, 0) is 24.9 Å². The smallest absolute Gasteiger partial charge is 0.337 e. The Kier molecular flexibility index (Phi) is 8.41. The number of aryl methyl sites for hydroxylation is 2. The van der Waals surface area contributed by atoms with Crippen LogP contribution in [0.4, 0.5) is 5.95 Å². The maximum Gasteiger partial charge on any atom is 0.337 e. The molecule has 0 bridgehead atoms. The molecule has 3 aromatic carbocycles. The standard InChI is InChI=1S/C35H34N4O7S/c1-22-9-7-10-23(2)30(22)28-20-29(35(15-16-35)17-18-38-31(40)26-13-5-6-14-27(26)32(38)41)37-34(36-28)39(21-45-3)47(43,44)25-12-8-11-24(19-25)33(42)46-4/h5-14,19-20H,15-18,21H2,1-4H3. The summed E-state index contributed by atoms with van der Waals surface area (Å²) in [5, 5.41) is 0. The summed E-state index contributed by atoms with van der Waals surface area (Å²) in [5.41, 5.74) is 4.22. The summed E-state index contributed by atoms with van der Waals surface area (Å²) in [4.78, 5) is 49.2. The van der Waals surface area contributed by atoms with Gasteiger partial charge in [0, 0.05) is 24.6 Å². The fraction of sp³-hybridized carbons (Fsp3) is 0.286. The van der Waals surface area contributed by atoms with Crippen LogP contribution in [0.2, 0.25) is 0 Å². The number of carbonyl (C=O) groups is 3. The molecule has 12 heteroatoms. The molecule has 1 fully saturated rings. The number of anilines is 1.